The van der Waals surface area contributed by atoms with E-state index in [0.717, 1.165) is 49.2 Å². The summed E-state index contributed by atoms with van der Waals surface area (Å²) in [5, 5.41) is 0. The smallest absolute Gasteiger partial charge is 0.253 e. The Kier molecular flexibility index (Phi) is 5.60. The number of nitrogens with two attached hydrogens (primary N) is 1. The van der Waals surface area contributed by atoms with E-state index in [4.69, 9.17) is 10.5 Å². The van der Waals surface area contributed by atoms with Crippen LogP contribution in [0, 0.1) is 5.92 Å². The zero-order valence-electron chi connectivity index (χ0n) is 14.5. The van der Waals surface area contributed by atoms with Crippen molar-refractivity contribution in [3.63, 3.8) is 0 Å². The number of rotatable bonds is 5. The molecule has 132 valence electrons. The number of amides is 1. The molecule has 2 heterocycles. The van der Waals surface area contributed by atoms with Gasteiger partial charge >= 0.3 is 0 Å². The summed E-state index contributed by atoms with van der Waals surface area (Å²) < 4.78 is 5.11. The second-order valence-corrected chi connectivity index (χ2v) is 6.48. The number of anilines is 1. The molecule has 25 heavy (non-hydrogen) atoms. The fraction of sp³-hybridized carbons (Fsp3) is 0.421. The standard InChI is InChI=1S/C19H24N4O2/c1-25-13-14-4-6-16(7-5-14)19(24)23-10-2-3-15(12-23)11-17-18(20)22-9-8-21-17/h4-9,15H,2-3,10-13H2,1H3,(H2,20,22)/t15-/m0/s1. The van der Waals surface area contributed by atoms with Crippen molar-refractivity contribution in [3.8, 4) is 0 Å². The van der Waals surface area contributed by atoms with Gasteiger partial charge in [-0.2, -0.15) is 0 Å². The molecule has 0 bridgehead atoms. The van der Waals surface area contributed by atoms with E-state index in [9.17, 15) is 4.79 Å². The molecule has 0 spiro atoms. The molecule has 1 atom stereocenters. The van der Waals surface area contributed by atoms with Gasteiger partial charge in [-0.25, -0.2) is 4.98 Å². The SMILES string of the molecule is COCc1ccc(C(=O)N2CCC[C@@H](Cc3nccnc3N)C2)cc1. The third-order valence-electron chi connectivity index (χ3n) is 4.61. The van der Waals surface area contributed by atoms with Gasteiger partial charge in [0.25, 0.3) is 5.91 Å². The van der Waals surface area contributed by atoms with Crippen LogP contribution in [0.2, 0.25) is 0 Å². The average molecular weight is 340 g/mol. The van der Waals surface area contributed by atoms with Crippen LogP contribution >= 0.6 is 0 Å². The first-order valence-corrected chi connectivity index (χ1v) is 8.60. The minimum absolute atomic E-state index is 0.0841. The molecule has 2 N–H and O–H groups in total. The second kappa shape index (κ2) is 8.07. The first-order chi connectivity index (χ1) is 12.2. The minimum atomic E-state index is 0.0841. The maximum Gasteiger partial charge on any atom is 0.253 e. The fourth-order valence-corrected chi connectivity index (χ4v) is 3.32. The quantitative estimate of drug-likeness (QED) is 0.903. The van der Waals surface area contributed by atoms with E-state index in [1.807, 2.05) is 29.2 Å². The Bertz CT molecular complexity index is 718. The Balaban J connectivity index is 1.64. The molecule has 1 saturated heterocycles. The number of hydrogen-bond donors (Lipinski definition) is 1. The number of nitrogen functional groups attached to an aromatic ring is 1. The molecule has 1 fully saturated rings. The van der Waals surface area contributed by atoms with E-state index in [2.05, 4.69) is 9.97 Å². The number of piperidine rings is 1. The Hall–Kier alpha value is -2.47. The van der Waals surface area contributed by atoms with Crippen LogP contribution in [-0.4, -0.2) is 41.0 Å². The lowest BCUT2D eigenvalue weighted by atomic mass is 9.92. The number of nitrogens with zero attached hydrogens (tertiary/aromatic N) is 3. The third kappa shape index (κ3) is 4.33. The lowest BCUT2D eigenvalue weighted by Gasteiger charge is -2.33. The van der Waals surface area contributed by atoms with Crippen LogP contribution in [0.5, 0.6) is 0 Å². The summed E-state index contributed by atoms with van der Waals surface area (Å²) in [5.41, 5.74) is 8.51. The maximum atomic E-state index is 12.8. The molecule has 0 radical (unpaired) electrons. The summed E-state index contributed by atoms with van der Waals surface area (Å²) in [6.45, 7) is 2.08. The number of ether oxygens (including phenoxy) is 1. The van der Waals surface area contributed by atoms with Crippen molar-refractivity contribution < 1.29 is 9.53 Å². The van der Waals surface area contributed by atoms with E-state index in [0.29, 0.717) is 18.3 Å². The van der Waals surface area contributed by atoms with E-state index in [1.54, 1.807) is 19.5 Å². The molecular formula is C19H24N4O2. The number of aromatic nitrogens is 2. The monoisotopic (exact) mass is 340 g/mol. The molecule has 6 nitrogen and oxygen atoms in total. The van der Waals surface area contributed by atoms with Crippen LogP contribution in [0.25, 0.3) is 0 Å². The molecule has 1 aromatic heterocycles. The summed E-state index contributed by atoms with van der Waals surface area (Å²) in [6, 6.07) is 7.64. The predicted octanol–water partition coefficient (Wildman–Crippen LogP) is 2.30. The molecule has 2 aromatic rings. The first-order valence-electron chi connectivity index (χ1n) is 8.60. The topological polar surface area (TPSA) is 81.3 Å². The fourth-order valence-electron chi connectivity index (χ4n) is 3.32. The Morgan fingerprint density at radius 3 is 2.76 bits per heavy atom. The molecule has 1 aromatic carbocycles. The summed E-state index contributed by atoms with van der Waals surface area (Å²) in [4.78, 5) is 23.1. The average Bonchev–Trinajstić information content (AvgIpc) is 2.64. The molecule has 3 rings (SSSR count). The van der Waals surface area contributed by atoms with Crippen molar-refractivity contribution >= 4 is 11.7 Å². The van der Waals surface area contributed by atoms with E-state index < -0.39 is 0 Å². The van der Waals surface area contributed by atoms with Gasteiger partial charge in [0.15, 0.2) is 0 Å². The number of carbonyl (C=O) groups is 1. The summed E-state index contributed by atoms with van der Waals surface area (Å²) >= 11 is 0. The highest BCUT2D eigenvalue weighted by atomic mass is 16.5. The zero-order chi connectivity index (χ0) is 17.6. The van der Waals surface area contributed by atoms with Crippen LogP contribution in [0.4, 0.5) is 5.82 Å². The lowest BCUT2D eigenvalue weighted by Crippen LogP contribution is -2.40. The molecule has 0 unspecified atom stereocenters. The van der Waals surface area contributed by atoms with Gasteiger partial charge in [-0.1, -0.05) is 12.1 Å². The largest absolute Gasteiger partial charge is 0.382 e. The highest BCUT2D eigenvalue weighted by molar-refractivity contribution is 5.94. The Morgan fingerprint density at radius 1 is 1.28 bits per heavy atom. The van der Waals surface area contributed by atoms with Crippen LogP contribution < -0.4 is 5.73 Å². The molecule has 0 saturated carbocycles. The highest BCUT2D eigenvalue weighted by Crippen LogP contribution is 2.23. The van der Waals surface area contributed by atoms with Gasteiger partial charge in [0.2, 0.25) is 0 Å². The van der Waals surface area contributed by atoms with E-state index >= 15 is 0 Å². The van der Waals surface area contributed by atoms with Crippen molar-refractivity contribution in [2.45, 2.75) is 25.9 Å². The van der Waals surface area contributed by atoms with Crippen LogP contribution in [0.3, 0.4) is 0 Å². The summed E-state index contributed by atoms with van der Waals surface area (Å²) in [7, 11) is 1.66. The van der Waals surface area contributed by atoms with Crippen LogP contribution in [-0.2, 0) is 17.8 Å². The summed E-state index contributed by atoms with van der Waals surface area (Å²) in [6.07, 6.45) is 6.10. The number of likely N-dealkylation sites (tertiary alicyclic amines) is 1. The molecule has 1 aliphatic heterocycles. The normalized spacial score (nSPS) is 17.5. The number of carbonyl (C=O) groups excluding carboxylic acids is 1. The predicted molar refractivity (Wildman–Crippen MR) is 95.9 cm³/mol. The number of methoxy groups -OCH3 is 1. The van der Waals surface area contributed by atoms with Crippen LogP contribution in [0.1, 0.15) is 34.5 Å². The van der Waals surface area contributed by atoms with Gasteiger partial charge in [0.05, 0.1) is 12.3 Å². The van der Waals surface area contributed by atoms with Gasteiger partial charge in [0, 0.05) is 38.2 Å². The van der Waals surface area contributed by atoms with Crippen molar-refractivity contribution in [1.29, 1.82) is 0 Å². The van der Waals surface area contributed by atoms with Crippen molar-refractivity contribution in [2.24, 2.45) is 5.92 Å². The molecule has 1 aliphatic rings. The van der Waals surface area contributed by atoms with Crippen molar-refractivity contribution in [2.75, 3.05) is 25.9 Å². The number of benzene rings is 1. The van der Waals surface area contributed by atoms with E-state index in [-0.39, 0.29) is 5.91 Å². The van der Waals surface area contributed by atoms with Gasteiger partial charge in [-0.15, -0.1) is 0 Å². The van der Waals surface area contributed by atoms with Gasteiger partial charge in [0.1, 0.15) is 5.82 Å². The summed E-state index contributed by atoms with van der Waals surface area (Å²) in [5.74, 6) is 0.935. The lowest BCUT2D eigenvalue weighted by molar-refractivity contribution is 0.0673. The number of hydrogen-bond acceptors (Lipinski definition) is 5. The molecular weight excluding hydrogens is 316 g/mol. The molecule has 0 aliphatic carbocycles. The van der Waals surface area contributed by atoms with Crippen LogP contribution in [0.15, 0.2) is 36.7 Å². The minimum Gasteiger partial charge on any atom is -0.382 e. The van der Waals surface area contributed by atoms with E-state index in [1.165, 1.54) is 0 Å². The third-order valence-corrected chi connectivity index (χ3v) is 4.61. The van der Waals surface area contributed by atoms with Gasteiger partial charge < -0.3 is 15.4 Å². The van der Waals surface area contributed by atoms with Gasteiger partial charge in [-0.3, -0.25) is 9.78 Å². The first kappa shape index (κ1) is 17.4. The molecule has 6 heteroatoms. The molecule has 1 amide bonds. The second-order valence-electron chi connectivity index (χ2n) is 6.48. The Morgan fingerprint density at radius 2 is 2.04 bits per heavy atom. The van der Waals surface area contributed by atoms with Crippen molar-refractivity contribution in [3.05, 3.63) is 53.5 Å². The zero-order valence-corrected chi connectivity index (χ0v) is 14.5. The van der Waals surface area contributed by atoms with Gasteiger partial charge in [-0.05, 0) is 42.9 Å². The van der Waals surface area contributed by atoms with Crippen molar-refractivity contribution in [1.82, 2.24) is 14.9 Å². The highest BCUT2D eigenvalue weighted by Gasteiger charge is 2.25. The maximum absolute atomic E-state index is 12.8. The Labute approximate surface area is 148 Å².